The van der Waals surface area contributed by atoms with Crippen LogP contribution in [0.15, 0.2) is 122 Å². The van der Waals surface area contributed by atoms with E-state index in [4.69, 9.17) is 16.9 Å². The molecule has 16 amide bonds. The Morgan fingerprint density at radius 2 is 0.782 bits per heavy atom. The molecular weight excluding hydrogens is 1750 g/mol. The van der Waals surface area contributed by atoms with E-state index in [0.29, 0.717) is 22.3 Å². The number of hydrogen-bond donors (Lipinski definition) is 26. The largest absolute Gasteiger partial charge is 0.508 e. The number of amides is 16. The number of carboxylic acids is 1. The summed E-state index contributed by atoms with van der Waals surface area (Å²) in [6.45, 7) is 7.36. The number of imidazole rings is 2. The van der Waals surface area contributed by atoms with E-state index in [1.807, 2.05) is 0 Å². The van der Waals surface area contributed by atoms with Gasteiger partial charge in [0.2, 0.25) is 94.5 Å². The Balaban J connectivity index is 1.31. The van der Waals surface area contributed by atoms with E-state index in [1.165, 1.54) is 122 Å². The molecule has 1 aliphatic heterocycles. The zero-order valence-electron chi connectivity index (χ0n) is 74.1. The Hall–Kier alpha value is -14.9. The van der Waals surface area contributed by atoms with E-state index in [-0.39, 0.29) is 98.2 Å². The summed E-state index contributed by atoms with van der Waals surface area (Å²) in [6.07, 6.45) is 1.67. The Kier molecular flexibility index (Phi) is 41.7. The van der Waals surface area contributed by atoms with Crippen molar-refractivity contribution < 1.29 is 107 Å². The van der Waals surface area contributed by atoms with Crippen LogP contribution in [-0.4, -0.2) is 262 Å². The first-order chi connectivity index (χ1) is 63.2. The molecule has 7 rings (SSSR count). The molecule has 3 heterocycles. The van der Waals surface area contributed by atoms with Gasteiger partial charge in [0.05, 0.1) is 55.9 Å². The zero-order chi connectivity index (χ0) is 97.5. The summed E-state index contributed by atoms with van der Waals surface area (Å²) in [7, 11) is 0. The molecule has 1 saturated heterocycles. The van der Waals surface area contributed by atoms with Gasteiger partial charge >= 0.3 is 5.97 Å². The Morgan fingerprint density at radius 1 is 0.436 bits per heavy atom. The van der Waals surface area contributed by atoms with Gasteiger partial charge in [0.15, 0.2) is 5.96 Å². The van der Waals surface area contributed by atoms with Gasteiger partial charge in [-0.1, -0.05) is 96.5 Å². The molecule has 0 spiro atoms. The van der Waals surface area contributed by atoms with E-state index < -0.39 is 248 Å². The quantitative estimate of drug-likeness (QED) is 0.0133. The van der Waals surface area contributed by atoms with Gasteiger partial charge in [0.1, 0.15) is 95.5 Å². The molecule has 1 fully saturated rings. The van der Waals surface area contributed by atoms with Crippen molar-refractivity contribution in [1.29, 1.82) is 5.41 Å². The van der Waals surface area contributed by atoms with Gasteiger partial charge in [-0.05, 0) is 114 Å². The number of thioether (sulfide) groups is 1. The number of nitrogens with two attached hydrogens (primary N) is 2. The molecule has 0 aliphatic carbocycles. The number of nitrogens with one attached hydrogen (secondary N) is 19. The predicted octanol–water partition coefficient (Wildman–Crippen LogP) is -4.01. The lowest BCUT2D eigenvalue weighted by molar-refractivity contribution is -0.141. The molecule has 0 radical (unpaired) electrons. The van der Waals surface area contributed by atoms with Crippen molar-refractivity contribution in [1.82, 2.24) is 105 Å². The fourth-order valence-electron chi connectivity index (χ4n) is 13.7. The fourth-order valence-corrected chi connectivity index (χ4v) is 14.6. The average molecular weight is 1870 g/mol. The second kappa shape index (κ2) is 52.7. The number of aliphatic carboxylic acids is 1. The van der Waals surface area contributed by atoms with Crippen LogP contribution in [0.5, 0.6) is 23.0 Å². The number of nitrogens with zero attached hydrogens (tertiary/aromatic N) is 2. The molecule has 133 heavy (non-hydrogen) atoms. The molecule has 45 nitrogen and oxygen atoms in total. The van der Waals surface area contributed by atoms with Crippen molar-refractivity contribution in [3.05, 3.63) is 156 Å². The standard InChI is InChI=1S/C87H117N23O22S/c1-7-47(6)74-86(132)109-60(28-46(4)5)79(125)104-61(29-48-10-18-54(111)19-11-48)76(122)96-39-70(116)99-67(35-73(119)120)85(131)103-59(27-45(2)3)75(121)95-40-71(117)101-68(77(123)94-38-69(88)115)41-133-42-72(118)100-62(30-49-12-20-55(112)21-13-49)80(126)107-66(34-53-37-92-44-98-53)84(130)108-65(33-52-36-91-43-97-52)83(129)106-64(32-51-16-24-57(114)25-17-51)82(128)105-63(31-50-14-22-56(113)23-15-50)81(127)102-58(78(124)110-74)9-8-26-93-87(89)90/h10-25,36-37,43-47,58-68,74,111-114H,7-9,26-35,38-42H2,1-6H3,(H2,88,115)(H,91,97)(H,92,98)(H,94,123)(H,95,121)(H,96,122)(H,99,116)(H,100,118)(H,101,117)(H,102,127)(H,103,131)(H,104,125)(H,105,128)(H,106,129)(H,107,126)(H,108,130)(H,109,132)(H,110,124)(H,119,120)(H4,89,90,93)/t47-,58-,59-,60-,61-,62-,63-,64-,65-,66-,67-,68-,74-/m0/s1. The van der Waals surface area contributed by atoms with Crippen LogP contribution in [0, 0.1) is 23.2 Å². The van der Waals surface area contributed by atoms with Crippen LogP contribution in [-0.2, 0) is 120 Å². The first-order valence-corrected chi connectivity index (χ1v) is 44.0. The second-order valence-corrected chi connectivity index (χ2v) is 33.7. The summed E-state index contributed by atoms with van der Waals surface area (Å²) >= 11 is 0.720. The van der Waals surface area contributed by atoms with Crippen molar-refractivity contribution in [2.45, 2.75) is 191 Å². The number of primary amides is 1. The topological polar surface area (TPSA) is 717 Å². The minimum absolute atomic E-state index is 0.000279. The Morgan fingerprint density at radius 3 is 1.17 bits per heavy atom. The fraction of sp³-hybridized carbons (Fsp3) is 0.448. The number of H-pyrrole nitrogens is 2. The van der Waals surface area contributed by atoms with Gasteiger partial charge in [0, 0.05) is 63.2 Å². The van der Waals surface area contributed by atoms with E-state index in [1.54, 1.807) is 41.5 Å². The maximum absolute atomic E-state index is 15.5. The SMILES string of the molecule is CC[C@H](C)[C@@H]1NC(=O)[C@H](CCCNC(=N)N)NC(=O)[C@H](Cc2ccc(O)cc2)NC(=O)[C@H](Cc2ccc(O)cc2)NC(=O)[C@H](Cc2c[nH]cn2)NC(=O)[C@H](Cc2c[nH]cn2)NC(=O)[C@H](Cc2ccc(O)cc2)NC(=O)CSC[C@@H](C(=O)NCC(N)=O)NC(=O)CNC(=O)[C@H](CC(C)C)NC(=O)[C@H](CC(=O)O)NC(=O)CNC(=O)[C@H](Cc2ccc(O)cc2)NC(=O)[C@H](CC(C)C)NC1=O. The molecular formula is C87H117N23O22S. The molecule has 4 aromatic carbocycles. The maximum atomic E-state index is 15.5. The Labute approximate surface area is 768 Å². The van der Waals surface area contributed by atoms with Crippen LogP contribution in [0.25, 0.3) is 0 Å². The number of phenols is 4. The molecule has 6 aromatic rings. The third-order valence-corrected chi connectivity index (χ3v) is 21.9. The van der Waals surface area contributed by atoms with Gasteiger partial charge < -0.3 is 132 Å². The number of aromatic nitrogens is 4. The minimum atomic E-state index is -1.95. The number of aromatic amines is 2. The number of guanidine groups is 1. The highest BCUT2D eigenvalue weighted by Gasteiger charge is 2.40. The number of carbonyl (C=O) groups excluding carboxylic acids is 16. The highest BCUT2D eigenvalue weighted by molar-refractivity contribution is 8.00. The minimum Gasteiger partial charge on any atom is -0.508 e. The summed E-state index contributed by atoms with van der Waals surface area (Å²) in [4.78, 5) is 258. The van der Waals surface area contributed by atoms with Crippen LogP contribution in [0.3, 0.4) is 0 Å². The molecule has 0 unspecified atom stereocenters. The lowest BCUT2D eigenvalue weighted by atomic mass is 9.95. The highest BCUT2D eigenvalue weighted by Crippen LogP contribution is 2.21. The predicted molar refractivity (Wildman–Crippen MR) is 480 cm³/mol. The van der Waals surface area contributed by atoms with E-state index in [9.17, 15) is 73.5 Å². The summed E-state index contributed by atoms with van der Waals surface area (Å²) < 4.78 is 0. The molecule has 1 aliphatic rings. The van der Waals surface area contributed by atoms with E-state index in [2.05, 4.69) is 105 Å². The lowest BCUT2D eigenvalue weighted by Gasteiger charge is -2.30. The number of rotatable bonds is 27. The van der Waals surface area contributed by atoms with Gasteiger partial charge in [-0.15, -0.1) is 11.8 Å². The molecule has 718 valence electrons. The van der Waals surface area contributed by atoms with E-state index in [0.717, 1.165) is 11.8 Å². The summed E-state index contributed by atoms with van der Waals surface area (Å²) in [5, 5.41) is 99.9. The highest BCUT2D eigenvalue weighted by atomic mass is 32.2. The van der Waals surface area contributed by atoms with Crippen molar-refractivity contribution in [3.63, 3.8) is 0 Å². The monoisotopic (exact) mass is 1870 g/mol. The molecule has 2 aromatic heterocycles. The van der Waals surface area contributed by atoms with Crippen LogP contribution in [0.4, 0.5) is 0 Å². The van der Waals surface area contributed by atoms with Crippen molar-refractivity contribution in [3.8, 4) is 23.0 Å². The van der Waals surface area contributed by atoms with Crippen LogP contribution < -0.4 is 96.5 Å². The molecule has 46 heteroatoms. The number of benzene rings is 4. The molecule has 0 saturated carbocycles. The van der Waals surface area contributed by atoms with Crippen molar-refractivity contribution in [2.24, 2.45) is 29.2 Å². The average Bonchev–Trinajstić information content (AvgIpc) is 1.44. The number of hydrogen-bond acceptors (Lipinski definition) is 25. The number of aromatic hydroxyl groups is 4. The molecule has 13 atom stereocenters. The van der Waals surface area contributed by atoms with Gasteiger partial charge in [0.25, 0.3) is 0 Å². The number of phenolic OH excluding ortho intramolecular Hbond substituents is 4. The van der Waals surface area contributed by atoms with Crippen molar-refractivity contribution >= 4 is 118 Å². The second-order valence-electron chi connectivity index (χ2n) is 32.7. The van der Waals surface area contributed by atoms with Crippen LogP contribution in [0.1, 0.15) is 114 Å². The Bertz CT molecular complexity index is 4990. The molecule has 28 N–H and O–H groups in total. The summed E-state index contributed by atoms with van der Waals surface area (Å²) in [5.41, 5.74) is 12.7. The zero-order valence-corrected chi connectivity index (χ0v) is 74.9. The maximum Gasteiger partial charge on any atom is 0.305 e. The van der Waals surface area contributed by atoms with Crippen LogP contribution in [0.2, 0.25) is 0 Å². The van der Waals surface area contributed by atoms with Crippen LogP contribution >= 0.6 is 11.8 Å². The smallest absolute Gasteiger partial charge is 0.305 e. The first-order valence-electron chi connectivity index (χ1n) is 42.8. The van der Waals surface area contributed by atoms with Gasteiger partial charge in [-0.3, -0.25) is 86.9 Å². The normalized spacial score (nSPS) is 22.2. The summed E-state index contributed by atoms with van der Waals surface area (Å²) in [5.74, 6) is -21.9. The van der Waals surface area contributed by atoms with Gasteiger partial charge in [-0.2, -0.15) is 0 Å². The summed E-state index contributed by atoms with van der Waals surface area (Å²) in [6, 6.07) is 2.07. The third-order valence-electron chi connectivity index (χ3n) is 20.8. The van der Waals surface area contributed by atoms with Crippen molar-refractivity contribution in [2.75, 3.05) is 37.7 Å². The third kappa shape index (κ3) is 36.9. The lowest BCUT2D eigenvalue weighted by Crippen LogP contribution is -2.62. The number of carboxylic acid groups (broad SMARTS) is 1. The molecule has 0 bridgehead atoms. The van der Waals surface area contributed by atoms with Gasteiger partial charge in [-0.25, -0.2) is 9.97 Å². The number of carbonyl (C=O) groups is 17. The first kappa shape index (κ1) is 105. The van der Waals surface area contributed by atoms with E-state index >= 15 is 33.6 Å².